The zero-order valence-corrected chi connectivity index (χ0v) is 18.3. The molecule has 1 aromatic carbocycles. The van der Waals surface area contributed by atoms with Crippen LogP contribution in [0, 0.1) is 0 Å². The topological polar surface area (TPSA) is 152 Å². The van der Waals surface area contributed by atoms with Gasteiger partial charge in [-0.25, -0.2) is 4.79 Å². The maximum absolute atomic E-state index is 12.7. The number of esters is 1. The Kier molecular flexibility index (Phi) is 10.6. The minimum Gasteiger partial charge on any atom is -0.507 e. The highest BCUT2D eigenvalue weighted by Gasteiger charge is 2.21. The van der Waals surface area contributed by atoms with Crippen molar-refractivity contribution in [3.8, 4) is 5.75 Å². The van der Waals surface area contributed by atoms with Gasteiger partial charge in [-0.15, -0.1) is 0 Å². The van der Waals surface area contributed by atoms with Gasteiger partial charge in [-0.1, -0.05) is 24.3 Å². The summed E-state index contributed by atoms with van der Waals surface area (Å²) in [6.07, 6.45) is 4.58. The molecule has 4 unspecified atom stereocenters. The molecule has 1 aliphatic rings. The van der Waals surface area contributed by atoms with Gasteiger partial charge in [-0.3, -0.25) is 0 Å². The SMILES string of the molecule is CC1C/C=C\CC(O)C(O)C/C=C/c2cc(NCCNCC(O)CO)cc(O)c2C(=O)O1. The van der Waals surface area contributed by atoms with Gasteiger partial charge in [-0.05, 0) is 31.4 Å². The van der Waals surface area contributed by atoms with Crippen molar-refractivity contribution < 1.29 is 35.1 Å². The van der Waals surface area contributed by atoms with Crippen molar-refractivity contribution in [2.75, 3.05) is 31.6 Å². The number of cyclic esters (lactones) is 1. The van der Waals surface area contributed by atoms with Crippen LogP contribution in [0.3, 0.4) is 0 Å². The molecule has 0 radical (unpaired) electrons. The number of aliphatic hydroxyl groups is 4. The zero-order valence-electron chi connectivity index (χ0n) is 18.3. The first-order chi connectivity index (χ1) is 15.3. The summed E-state index contributed by atoms with van der Waals surface area (Å²) in [7, 11) is 0. The third kappa shape index (κ3) is 8.25. The highest BCUT2D eigenvalue weighted by Crippen LogP contribution is 2.29. The fraction of sp³-hybridized carbons (Fsp3) is 0.522. The summed E-state index contributed by atoms with van der Waals surface area (Å²) in [5, 5.41) is 55.0. The molecule has 0 spiro atoms. The summed E-state index contributed by atoms with van der Waals surface area (Å²) in [6, 6.07) is 3.12. The van der Waals surface area contributed by atoms with Crippen LogP contribution in [-0.4, -0.2) is 82.2 Å². The summed E-state index contributed by atoms with van der Waals surface area (Å²) in [6.45, 7) is 2.65. The molecule has 1 heterocycles. The number of anilines is 1. The van der Waals surface area contributed by atoms with Crippen LogP contribution in [0.15, 0.2) is 30.4 Å². The molecular weight excluding hydrogens is 416 g/mol. The minimum atomic E-state index is -0.957. The lowest BCUT2D eigenvalue weighted by Crippen LogP contribution is -2.32. The molecule has 2 rings (SSSR count). The Bertz CT molecular complexity index is 797. The second-order valence-electron chi connectivity index (χ2n) is 7.86. The maximum atomic E-state index is 12.7. The van der Waals surface area contributed by atoms with Gasteiger partial charge < -0.3 is 40.9 Å². The van der Waals surface area contributed by atoms with Crippen LogP contribution in [-0.2, 0) is 4.74 Å². The summed E-state index contributed by atoms with van der Waals surface area (Å²) >= 11 is 0. The molecule has 32 heavy (non-hydrogen) atoms. The number of fused-ring (bicyclic) bond motifs is 1. The van der Waals surface area contributed by atoms with Crippen LogP contribution >= 0.6 is 0 Å². The molecule has 1 aliphatic heterocycles. The summed E-state index contributed by atoms with van der Waals surface area (Å²) < 4.78 is 5.47. The van der Waals surface area contributed by atoms with Crippen LogP contribution in [0.4, 0.5) is 5.69 Å². The van der Waals surface area contributed by atoms with Crippen LogP contribution < -0.4 is 10.6 Å². The van der Waals surface area contributed by atoms with Crippen LogP contribution in [0.1, 0.15) is 42.1 Å². The lowest BCUT2D eigenvalue weighted by molar-refractivity contribution is 0.0237. The van der Waals surface area contributed by atoms with Crippen molar-refractivity contribution >= 4 is 17.7 Å². The molecular formula is C23H34N2O7. The molecule has 0 bridgehead atoms. The number of carbonyl (C=O) groups is 1. The van der Waals surface area contributed by atoms with Gasteiger partial charge in [0.1, 0.15) is 17.4 Å². The highest BCUT2D eigenvalue weighted by atomic mass is 16.5. The average molecular weight is 451 g/mol. The van der Waals surface area contributed by atoms with Crippen LogP contribution in [0.25, 0.3) is 6.08 Å². The molecule has 0 saturated carbocycles. The average Bonchev–Trinajstić information content (AvgIpc) is 2.75. The van der Waals surface area contributed by atoms with Gasteiger partial charge in [0.2, 0.25) is 0 Å². The number of ether oxygens (including phenoxy) is 1. The second kappa shape index (κ2) is 13.2. The molecule has 9 nitrogen and oxygen atoms in total. The summed E-state index contributed by atoms with van der Waals surface area (Å²) in [4.78, 5) is 12.7. The predicted molar refractivity (Wildman–Crippen MR) is 121 cm³/mol. The molecule has 0 aliphatic carbocycles. The second-order valence-corrected chi connectivity index (χ2v) is 7.86. The molecule has 1 aromatic rings. The lowest BCUT2D eigenvalue weighted by Gasteiger charge is -2.17. The monoisotopic (exact) mass is 450 g/mol. The van der Waals surface area contributed by atoms with E-state index in [0.29, 0.717) is 37.2 Å². The third-order valence-electron chi connectivity index (χ3n) is 5.01. The van der Waals surface area contributed by atoms with E-state index >= 15 is 0 Å². The van der Waals surface area contributed by atoms with Gasteiger partial charge in [0.05, 0.1) is 24.9 Å². The Morgan fingerprint density at radius 1 is 1.09 bits per heavy atom. The molecule has 0 amide bonds. The summed E-state index contributed by atoms with van der Waals surface area (Å²) in [5.41, 5.74) is 1.02. The Labute approximate surface area is 188 Å². The highest BCUT2D eigenvalue weighted by molar-refractivity contribution is 5.97. The number of phenolic OH excluding ortho intramolecular Hbond substituents is 1. The Morgan fingerprint density at radius 3 is 2.50 bits per heavy atom. The van der Waals surface area contributed by atoms with Crippen molar-refractivity contribution in [3.63, 3.8) is 0 Å². The molecule has 0 aromatic heterocycles. The number of phenols is 1. The quantitative estimate of drug-likeness (QED) is 0.181. The maximum Gasteiger partial charge on any atom is 0.342 e. The Balaban J connectivity index is 2.19. The van der Waals surface area contributed by atoms with E-state index in [4.69, 9.17) is 9.84 Å². The molecule has 178 valence electrons. The Morgan fingerprint density at radius 2 is 1.78 bits per heavy atom. The fourth-order valence-electron chi connectivity index (χ4n) is 3.19. The largest absolute Gasteiger partial charge is 0.507 e. The number of hydrogen-bond acceptors (Lipinski definition) is 9. The van der Waals surface area contributed by atoms with E-state index in [-0.39, 0.29) is 30.9 Å². The number of hydrogen-bond donors (Lipinski definition) is 7. The molecule has 0 saturated heterocycles. The summed E-state index contributed by atoms with van der Waals surface area (Å²) in [5.74, 6) is -0.884. The van der Waals surface area contributed by atoms with Crippen molar-refractivity contribution in [1.82, 2.24) is 5.32 Å². The molecule has 0 fully saturated rings. The van der Waals surface area contributed by atoms with Gasteiger partial charge >= 0.3 is 5.97 Å². The number of carbonyl (C=O) groups excluding carboxylic acids is 1. The van der Waals surface area contributed by atoms with Crippen molar-refractivity contribution in [1.29, 1.82) is 0 Å². The molecule has 7 N–H and O–H groups in total. The number of aliphatic hydroxyl groups excluding tert-OH is 4. The van der Waals surface area contributed by atoms with Crippen LogP contribution in [0.5, 0.6) is 5.75 Å². The van der Waals surface area contributed by atoms with Gasteiger partial charge in [0.25, 0.3) is 0 Å². The fourth-order valence-corrected chi connectivity index (χ4v) is 3.19. The number of rotatable bonds is 7. The van der Waals surface area contributed by atoms with Crippen molar-refractivity contribution in [3.05, 3.63) is 41.5 Å². The van der Waals surface area contributed by atoms with Crippen molar-refractivity contribution in [2.24, 2.45) is 0 Å². The first kappa shape index (κ1) is 25.8. The third-order valence-corrected chi connectivity index (χ3v) is 5.01. The minimum absolute atomic E-state index is 0.0268. The lowest BCUT2D eigenvalue weighted by atomic mass is 10.0. The van der Waals surface area contributed by atoms with Crippen LogP contribution in [0.2, 0.25) is 0 Å². The standard InChI is InChI=1S/C23H34N2O7/c1-15-5-2-3-7-19(28)20(29)8-4-6-16-11-17(12-21(30)22(16)23(31)32-15)25-10-9-24-13-18(27)14-26/h2-4,6,11-12,15,18-20,24-30H,5,7-10,13-14H2,1H3/b3-2-,6-4+. The number of benzene rings is 1. The molecule has 4 atom stereocenters. The van der Waals surface area contributed by atoms with E-state index in [1.807, 2.05) is 0 Å². The molecule has 9 heteroatoms. The van der Waals surface area contributed by atoms with Gasteiger partial charge in [0, 0.05) is 37.8 Å². The first-order valence-electron chi connectivity index (χ1n) is 10.8. The number of nitrogens with one attached hydrogen (secondary N) is 2. The zero-order chi connectivity index (χ0) is 23.5. The van der Waals surface area contributed by atoms with E-state index in [0.717, 1.165) is 0 Å². The van der Waals surface area contributed by atoms with E-state index in [1.165, 1.54) is 6.07 Å². The van der Waals surface area contributed by atoms with Gasteiger partial charge in [0.15, 0.2) is 0 Å². The smallest absolute Gasteiger partial charge is 0.342 e. The van der Waals surface area contributed by atoms with Gasteiger partial charge in [-0.2, -0.15) is 0 Å². The van der Waals surface area contributed by atoms with E-state index in [1.54, 1.807) is 37.3 Å². The van der Waals surface area contributed by atoms with Crippen molar-refractivity contribution in [2.45, 2.75) is 50.6 Å². The normalized spacial score (nSPS) is 25.2. The predicted octanol–water partition coefficient (Wildman–Crippen LogP) is 0.767. The van der Waals surface area contributed by atoms with E-state index in [2.05, 4.69) is 10.6 Å². The first-order valence-corrected chi connectivity index (χ1v) is 10.8. The Hall–Kier alpha value is -2.43. The van der Waals surface area contributed by atoms with E-state index < -0.39 is 30.4 Å². The van der Waals surface area contributed by atoms with E-state index in [9.17, 15) is 25.2 Å². The number of aromatic hydroxyl groups is 1.